The molecule has 1 atom stereocenters. The molecule has 1 saturated heterocycles. The molecule has 1 amide bonds. The summed E-state index contributed by atoms with van der Waals surface area (Å²) in [5, 5.41) is 3.32. The zero-order valence-electron chi connectivity index (χ0n) is 21.8. The van der Waals surface area contributed by atoms with Gasteiger partial charge in [0.05, 0.1) is 41.6 Å². The van der Waals surface area contributed by atoms with Gasteiger partial charge in [-0.05, 0) is 22.8 Å². The first-order valence-electron chi connectivity index (χ1n) is 13.0. The number of nitrogens with two attached hydrogens (primary N) is 1. The highest BCUT2D eigenvalue weighted by Crippen LogP contribution is 2.43. The Bertz CT molecular complexity index is 1300. The quantitative estimate of drug-likeness (QED) is 0.232. The highest BCUT2D eigenvalue weighted by atomic mass is 35.5. The van der Waals surface area contributed by atoms with Gasteiger partial charge < -0.3 is 20.5 Å². The van der Waals surface area contributed by atoms with Crippen LogP contribution in [0.25, 0.3) is 0 Å². The van der Waals surface area contributed by atoms with Gasteiger partial charge in [-0.1, -0.05) is 103 Å². The number of methoxy groups -OCH3 is 1. The Balaban J connectivity index is 1.46. The van der Waals surface area contributed by atoms with Gasteiger partial charge in [0.15, 0.2) is 0 Å². The number of carbonyl (C=O) groups is 1. The average Bonchev–Trinajstić information content (AvgIpc) is 2.99. The van der Waals surface area contributed by atoms with Gasteiger partial charge in [-0.25, -0.2) is 0 Å². The SMILES string of the molecule is COc1cc(N)c(Cl)cc1C(=O)NCC1CN(C(c2ccccc2)(c2ccccc2)c2ccccc2)CCO1. The van der Waals surface area contributed by atoms with E-state index in [1.165, 1.54) is 29.9 Å². The van der Waals surface area contributed by atoms with E-state index in [0.717, 1.165) is 6.54 Å². The van der Waals surface area contributed by atoms with E-state index in [9.17, 15) is 4.79 Å². The molecule has 3 N–H and O–H groups in total. The number of anilines is 1. The first-order chi connectivity index (χ1) is 19.0. The van der Waals surface area contributed by atoms with Crippen LogP contribution in [-0.4, -0.2) is 50.3 Å². The standard InChI is InChI=1S/C32H32ClN3O3/c1-38-30-20-29(34)28(33)19-27(30)31(37)35-21-26-22-36(17-18-39-26)32(23-11-5-2-6-12-23,24-13-7-3-8-14-24)25-15-9-4-10-16-25/h2-16,19-20,26H,17-18,21-22,34H2,1H3,(H,35,37). The van der Waals surface area contributed by atoms with Gasteiger partial charge in [0.25, 0.3) is 5.91 Å². The van der Waals surface area contributed by atoms with Gasteiger partial charge in [0, 0.05) is 25.7 Å². The summed E-state index contributed by atoms with van der Waals surface area (Å²) < 4.78 is 11.5. The van der Waals surface area contributed by atoms with Crippen molar-refractivity contribution >= 4 is 23.2 Å². The van der Waals surface area contributed by atoms with Crippen molar-refractivity contribution in [3.8, 4) is 5.75 Å². The van der Waals surface area contributed by atoms with Gasteiger partial charge in [-0.15, -0.1) is 0 Å². The molecule has 0 radical (unpaired) electrons. The summed E-state index contributed by atoms with van der Waals surface area (Å²) in [5.74, 6) is 0.0757. The van der Waals surface area contributed by atoms with Crippen LogP contribution in [0.1, 0.15) is 27.0 Å². The molecule has 0 aliphatic carbocycles. The molecule has 4 aromatic carbocycles. The fraction of sp³-hybridized carbons (Fsp3) is 0.219. The second kappa shape index (κ2) is 11.9. The van der Waals surface area contributed by atoms with Gasteiger partial charge >= 0.3 is 0 Å². The molecule has 0 saturated carbocycles. The molecule has 5 rings (SSSR count). The molecule has 200 valence electrons. The van der Waals surface area contributed by atoms with Crippen LogP contribution in [0.2, 0.25) is 5.02 Å². The van der Waals surface area contributed by atoms with Gasteiger partial charge in [-0.2, -0.15) is 0 Å². The normalized spacial score (nSPS) is 16.0. The molecular weight excluding hydrogens is 510 g/mol. The van der Waals surface area contributed by atoms with Crippen molar-refractivity contribution in [1.29, 1.82) is 0 Å². The maximum Gasteiger partial charge on any atom is 0.255 e. The summed E-state index contributed by atoms with van der Waals surface area (Å²) in [6, 6.07) is 34.8. The maximum absolute atomic E-state index is 13.1. The molecule has 1 aliphatic heterocycles. The van der Waals surface area contributed by atoms with Gasteiger partial charge in [-0.3, -0.25) is 9.69 Å². The van der Waals surface area contributed by atoms with E-state index in [0.29, 0.717) is 41.7 Å². The average molecular weight is 542 g/mol. The van der Waals surface area contributed by atoms with E-state index < -0.39 is 5.54 Å². The number of amides is 1. The van der Waals surface area contributed by atoms with Crippen LogP contribution in [0, 0.1) is 0 Å². The number of hydrogen-bond acceptors (Lipinski definition) is 5. The van der Waals surface area contributed by atoms with Crippen molar-refractivity contribution in [3.05, 3.63) is 130 Å². The highest BCUT2D eigenvalue weighted by molar-refractivity contribution is 6.33. The molecule has 0 bridgehead atoms. The van der Waals surface area contributed by atoms with Crippen LogP contribution < -0.4 is 15.8 Å². The van der Waals surface area contributed by atoms with E-state index >= 15 is 0 Å². The van der Waals surface area contributed by atoms with Gasteiger partial charge in [0.2, 0.25) is 0 Å². The number of carbonyl (C=O) groups excluding carboxylic acids is 1. The fourth-order valence-electron chi connectivity index (χ4n) is 5.45. The van der Waals surface area contributed by atoms with Crippen LogP contribution in [0.15, 0.2) is 103 Å². The predicted molar refractivity (Wildman–Crippen MR) is 155 cm³/mol. The molecule has 7 heteroatoms. The fourth-order valence-corrected chi connectivity index (χ4v) is 5.61. The molecule has 1 aliphatic rings. The number of hydrogen-bond donors (Lipinski definition) is 2. The third-order valence-electron chi connectivity index (χ3n) is 7.24. The van der Waals surface area contributed by atoms with Crippen LogP contribution in [-0.2, 0) is 10.3 Å². The van der Waals surface area contributed by atoms with E-state index in [1.54, 1.807) is 6.07 Å². The Morgan fingerprint density at radius 1 is 0.974 bits per heavy atom. The Labute approximate surface area is 234 Å². The topological polar surface area (TPSA) is 76.8 Å². The van der Waals surface area contributed by atoms with Crippen LogP contribution in [0.5, 0.6) is 5.75 Å². The third kappa shape index (κ3) is 5.36. The molecule has 1 heterocycles. The summed E-state index contributed by atoms with van der Waals surface area (Å²) in [4.78, 5) is 15.6. The molecular formula is C32H32ClN3O3. The Morgan fingerprint density at radius 3 is 2.03 bits per heavy atom. The predicted octanol–water partition coefficient (Wildman–Crippen LogP) is 5.35. The summed E-state index contributed by atoms with van der Waals surface area (Å²) in [7, 11) is 1.50. The van der Waals surface area contributed by atoms with Crippen LogP contribution in [0.3, 0.4) is 0 Å². The number of nitrogens with zero attached hydrogens (tertiary/aromatic N) is 1. The smallest absolute Gasteiger partial charge is 0.255 e. The number of morpholine rings is 1. The summed E-state index contributed by atoms with van der Waals surface area (Å²) in [6.07, 6.45) is -0.228. The Hall–Kier alpha value is -3.84. The van der Waals surface area contributed by atoms with E-state index in [-0.39, 0.29) is 12.0 Å². The summed E-state index contributed by atoms with van der Waals surface area (Å²) >= 11 is 6.19. The monoisotopic (exact) mass is 541 g/mol. The second-order valence-corrected chi connectivity index (χ2v) is 9.94. The molecule has 0 aromatic heterocycles. The number of benzene rings is 4. The number of rotatable bonds is 8. The van der Waals surface area contributed by atoms with Crippen molar-refractivity contribution in [2.75, 3.05) is 39.1 Å². The van der Waals surface area contributed by atoms with E-state index in [4.69, 9.17) is 26.8 Å². The van der Waals surface area contributed by atoms with E-state index in [2.05, 4.69) is 83.0 Å². The minimum Gasteiger partial charge on any atom is -0.496 e. The lowest BCUT2D eigenvalue weighted by molar-refractivity contribution is -0.0517. The number of ether oxygens (including phenoxy) is 2. The lowest BCUT2D eigenvalue weighted by atomic mass is 9.75. The molecule has 1 unspecified atom stereocenters. The van der Waals surface area contributed by atoms with Crippen molar-refractivity contribution < 1.29 is 14.3 Å². The third-order valence-corrected chi connectivity index (χ3v) is 7.57. The number of nitrogen functional groups attached to an aromatic ring is 1. The minimum atomic E-state index is -0.538. The lowest BCUT2D eigenvalue weighted by Crippen LogP contribution is -2.57. The molecule has 39 heavy (non-hydrogen) atoms. The molecule has 0 spiro atoms. The van der Waals surface area contributed by atoms with Crippen molar-refractivity contribution in [3.63, 3.8) is 0 Å². The Morgan fingerprint density at radius 2 is 1.51 bits per heavy atom. The number of nitrogens with one attached hydrogen (secondary N) is 1. The maximum atomic E-state index is 13.1. The second-order valence-electron chi connectivity index (χ2n) is 9.53. The van der Waals surface area contributed by atoms with Crippen molar-refractivity contribution in [2.45, 2.75) is 11.6 Å². The van der Waals surface area contributed by atoms with Crippen molar-refractivity contribution in [2.24, 2.45) is 0 Å². The highest BCUT2D eigenvalue weighted by Gasteiger charge is 2.44. The summed E-state index contributed by atoms with van der Waals surface area (Å²) in [5.41, 5.74) is 9.56. The van der Waals surface area contributed by atoms with Crippen molar-refractivity contribution in [1.82, 2.24) is 10.2 Å². The van der Waals surface area contributed by atoms with E-state index in [1.807, 2.05) is 18.2 Å². The first kappa shape index (κ1) is 26.8. The largest absolute Gasteiger partial charge is 0.496 e. The number of halogens is 1. The molecule has 1 fully saturated rings. The van der Waals surface area contributed by atoms with Gasteiger partial charge in [0.1, 0.15) is 5.75 Å². The molecule has 6 nitrogen and oxygen atoms in total. The zero-order chi connectivity index (χ0) is 27.2. The minimum absolute atomic E-state index is 0.228. The zero-order valence-corrected chi connectivity index (χ0v) is 22.6. The Kier molecular flexibility index (Phi) is 8.17. The van der Waals surface area contributed by atoms with Crippen LogP contribution in [0.4, 0.5) is 5.69 Å². The first-order valence-corrected chi connectivity index (χ1v) is 13.4. The lowest BCUT2D eigenvalue weighted by Gasteiger charge is -2.48. The summed E-state index contributed by atoms with van der Waals surface area (Å²) in [6.45, 7) is 2.20. The molecule has 4 aromatic rings. The van der Waals surface area contributed by atoms with Crippen LogP contribution >= 0.6 is 11.6 Å².